The summed E-state index contributed by atoms with van der Waals surface area (Å²) < 4.78 is 75.2. The third-order valence-electron chi connectivity index (χ3n) is 4.17. The van der Waals surface area contributed by atoms with Crippen LogP contribution in [-0.4, -0.2) is 19.4 Å². The molecule has 2 N–H and O–H groups in total. The van der Waals surface area contributed by atoms with Crippen molar-refractivity contribution >= 4 is 33.3 Å². The van der Waals surface area contributed by atoms with Crippen LogP contribution in [0.5, 0.6) is 11.5 Å². The zero-order chi connectivity index (χ0) is 22.2. The number of aliphatic imine (C=N–C) groups is 1. The van der Waals surface area contributed by atoms with Gasteiger partial charge in [-0.15, -0.1) is 0 Å². The van der Waals surface area contributed by atoms with Gasteiger partial charge < -0.3 is 10.1 Å². The number of anilines is 1. The van der Waals surface area contributed by atoms with Gasteiger partial charge in [0.05, 0.1) is 17.3 Å². The van der Waals surface area contributed by atoms with Gasteiger partial charge in [-0.3, -0.25) is 4.98 Å². The molecule has 1 aliphatic heterocycles. The van der Waals surface area contributed by atoms with Crippen LogP contribution in [0.2, 0.25) is 5.02 Å². The number of benzene rings is 2. The van der Waals surface area contributed by atoms with Gasteiger partial charge in [0.1, 0.15) is 22.1 Å². The minimum Gasteiger partial charge on any atom is -0.450 e. The van der Waals surface area contributed by atoms with Crippen molar-refractivity contribution in [3.05, 3.63) is 76.8 Å². The summed E-state index contributed by atoms with van der Waals surface area (Å²) in [5, 5.41) is 2.65. The summed E-state index contributed by atoms with van der Waals surface area (Å²) in [5.41, 5.74) is -0.433. The molecular weight excluding hydrogens is 457 g/mol. The number of hydrogen-bond donors (Lipinski definition) is 2. The zero-order valence-corrected chi connectivity index (χ0v) is 16.9. The van der Waals surface area contributed by atoms with E-state index in [0.717, 1.165) is 0 Å². The molecule has 0 unspecified atom stereocenters. The summed E-state index contributed by atoms with van der Waals surface area (Å²) in [7, 11) is -4.35. The molecular formula is C19H12ClF3N4O3S. The molecule has 0 saturated heterocycles. The summed E-state index contributed by atoms with van der Waals surface area (Å²) in [6.45, 7) is -0.322. The molecule has 0 spiro atoms. The fourth-order valence-corrected chi connectivity index (χ4v) is 4.06. The fourth-order valence-electron chi connectivity index (χ4n) is 2.73. The largest absolute Gasteiger partial charge is 0.450 e. The van der Waals surface area contributed by atoms with Crippen LogP contribution in [-0.2, 0) is 16.6 Å². The minimum absolute atomic E-state index is 0.0253. The molecule has 4 rings (SSSR count). The van der Waals surface area contributed by atoms with E-state index in [0.29, 0.717) is 6.07 Å². The van der Waals surface area contributed by atoms with E-state index in [1.54, 1.807) is 12.1 Å². The molecule has 31 heavy (non-hydrogen) atoms. The smallest absolute Gasteiger partial charge is 0.266 e. The van der Waals surface area contributed by atoms with E-state index in [-0.39, 0.29) is 29.0 Å². The number of nitrogens with one attached hydrogen (secondary N) is 2. The van der Waals surface area contributed by atoms with Crippen LogP contribution in [0, 0.1) is 17.5 Å². The third-order valence-corrected chi connectivity index (χ3v) is 5.85. The lowest BCUT2D eigenvalue weighted by Gasteiger charge is -2.24. The maximum absolute atomic E-state index is 14.6. The second-order valence-corrected chi connectivity index (χ2v) is 8.29. The van der Waals surface area contributed by atoms with E-state index in [9.17, 15) is 21.6 Å². The normalized spacial score (nSPS) is 15.7. The van der Waals surface area contributed by atoms with E-state index in [4.69, 9.17) is 16.3 Å². The number of fused-ring (bicyclic) bond motifs is 1. The van der Waals surface area contributed by atoms with Crippen molar-refractivity contribution in [1.29, 1.82) is 0 Å². The number of nitrogens with zero attached hydrogens (tertiary/aromatic N) is 2. The van der Waals surface area contributed by atoms with Crippen molar-refractivity contribution in [2.75, 3.05) is 5.32 Å². The average Bonchev–Trinajstić information content (AvgIpc) is 2.72. The van der Waals surface area contributed by atoms with Gasteiger partial charge in [-0.2, -0.15) is 4.39 Å². The van der Waals surface area contributed by atoms with Crippen molar-refractivity contribution in [2.24, 2.45) is 4.99 Å². The van der Waals surface area contributed by atoms with Crippen LogP contribution in [0.25, 0.3) is 0 Å². The quantitative estimate of drug-likeness (QED) is 0.598. The predicted molar refractivity (Wildman–Crippen MR) is 107 cm³/mol. The number of hydrogen-bond acceptors (Lipinski definition) is 5. The lowest BCUT2D eigenvalue weighted by molar-refractivity contribution is 0.415. The molecule has 1 aromatic heterocycles. The molecule has 1 aliphatic rings. The Hall–Kier alpha value is -3.31. The Morgan fingerprint density at radius 1 is 1.10 bits per heavy atom. The van der Waals surface area contributed by atoms with Gasteiger partial charge in [0.15, 0.2) is 11.6 Å². The number of para-hydroxylation sites is 1. The number of halogens is 4. The van der Waals surface area contributed by atoms with Crippen molar-refractivity contribution in [3.8, 4) is 11.5 Å². The van der Waals surface area contributed by atoms with Crippen LogP contribution < -0.4 is 14.8 Å². The third kappa shape index (κ3) is 4.14. The molecule has 2 aromatic carbocycles. The van der Waals surface area contributed by atoms with Gasteiger partial charge in [0, 0.05) is 6.20 Å². The van der Waals surface area contributed by atoms with Crippen molar-refractivity contribution in [2.45, 2.75) is 11.4 Å². The molecule has 0 amide bonds. The van der Waals surface area contributed by atoms with E-state index in [2.05, 4.69) is 20.0 Å². The molecule has 3 aromatic rings. The first-order chi connectivity index (χ1) is 14.8. The van der Waals surface area contributed by atoms with Gasteiger partial charge in [0.25, 0.3) is 10.0 Å². The van der Waals surface area contributed by atoms with Crippen molar-refractivity contribution in [1.82, 2.24) is 9.71 Å². The highest BCUT2D eigenvalue weighted by Gasteiger charge is 2.33. The minimum atomic E-state index is -4.35. The molecule has 0 aliphatic carbocycles. The second kappa shape index (κ2) is 8.08. The van der Waals surface area contributed by atoms with Gasteiger partial charge in [-0.05, 0) is 30.3 Å². The Bertz CT molecular complexity index is 1320. The highest BCUT2D eigenvalue weighted by Crippen LogP contribution is 2.41. The molecule has 12 heteroatoms. The van der Waals surface area contributed by atoms with Crippen LogP contribution >= 0.6 is 11.6 Å². The first-order valence-corrected chi connectivity index (χ1v) is 10.5. The van der Waals surface area contributed by atoms with Gasteiger partial charge in [-0.25, -0.2) is 26.9 Å². The number of ether oxygens (including phenoxy) is 1. The Balaban J connectivity index is 1.78. The maximum Gasteiger partial charge on any atom is 0.266 e. The average molecular weight is 469 g/mol. The highest BCUT2D eigenvalue weighted by molar-refractivity contribution is 7.90. The Morgan fingerprint density at radius 2 is 1.87 bits per heavy atom. The summed E-state index contributed by atoms with van der Waals surface area (Å²) in [6.07, 6.45) is 1.35. The van der Waals surface area contributed by atoms with Crippen molar-refractivity contribution < 1.29 is 26.3 Å². The molecule has 0 radical (unpaired) electrons. The molecule has 0 atom stereocenters. The van der Waals surface area contributed by atoms with E-state index < -0.39 is 43.8 Å². The van der Waals surface area contributed by atoms with Crippen LogP contribution in [0.1, 0.15) is 5.69 Å². The fraction of sp³-hybridized carbons (Fsp3) is 0.0526. The number of pyridine rings is 1. The number of aromatic nitrogens is 1. The first kappa shape index (κ1) is 20.9. The first-order valence-electron chi connectivity index (χ1n) is 8.64. The molecule has 0 fully saturated rings. The molecule has 0 bridgehead atoms. The maximum atomic E-state index is 14.6. The number of sulfonamides is 1. The van der Waals surface area contributed by atoms with Gasteiger partial charge in [-0.1, -0.05) is 23.7 Å². The zero-order valence-electron chi connectivity index (χ0n) is 15.4. The summed E-state index contributed by atoms with van der Waals surface area (Å²) in [5.74, 6) is -4.62. The van der Waals surface area contributed by atoms with Gasteiger partial charge in [0.2, 0.25) is 11.8 Å². The summed E-state index contributed by atoms with van der Waals surface area (Å²) in [4.78, 5) is 7.16. The molecule has 160 valence electrons. The standard InChI is InChI=1S/C19H12ClF3N4O3S/c20-10-4-1-2-6-14(10)30-18-16(23)12(22)8-15-17(18)26-19(27-31(15,28)29)25-9-13-11(21)5-3-7-24-13/h1-8H,9H2,(H2,25,26,27). The lowest BCUT2D eigenvalue weighted by Crippen LogP contribution is -2.41. The van der Waals surface area contributed by atoms with Gasteiger partial charge >= 0.3 is 0 Å². The highest BCUT2D eigenvalue weighted by atomic mass is 35.5. The molecule has 0 saturated carbocycles. The van der Waals surface area contributed by atoms with E-state index in [1.807, 2.05) is 0 Å². The summed E-state index contributed by atoms with van der Waals surface area (Å²) >= 11 is 6.01. The van der Waals surface area contributed by atoms with E-state index >= 15 is 0 Å². The topological polar surface area (TPSA) is 92.7 Å². The Morgan fingerprint density at radius 3 is 2.61 bits per heavy atom. The van der Waals surface area contributed by atoms with Crippen molar-refractivity contribution in [3.63, 3.8) is 0 Å². The molecule has 2 heterocycles. The monoisotopic (exact) mass is 468 g/mol. The van der Waals surface area contributed by atoms with E-state index in [1.165, 1.54) is 30.5 Å². The number of rotatable bonds is 4. The molecule has 7 nitrogen and oxygen atoms in total. The lowest BCUT2D eigenvalue weighted by atomic mass is 10.2. The Kier molecular flexibility index (Phi) is 5.46. The van der Waals surface area contributed by atoms with Crippen LogP contribution in [0.3, 0.4) is 0 Å². The SMILES string of the molecule is O=S1(=O)NC(=NCc2ncccc2F)Nc2c1cc(F)c(F)c2Oc1ccccc1Cl. The number of guanidine groups is 1. The second-order valence-electron chi connectivity index (χ2n) is 6.23. The predicted octanol–water partition coefficient (Wildman–Crippen LogP) is 4.20. The Labute approximate surface area is 179 Å². The summed E-state index contributed by atoms with van der Waals surface area (Å²) in [6, 6.07) is 9.07. The van der Waals surface area contributed by atoms with Crippen LogP contribution in [0.15, 0.2) is 58.5 Å². The van der Waals surface area contributed by atoms with Crippen LogP contribution in [0.4, 0.5) is 18.9 Å².